The fourth-order valence-corrected chi connectivity index (χ4v) is 7.28. The van der Waals surface area contributed by atoms with Gasteiger partial charge in [-0.2, -0.15) is 0 Å². The average Bonchev–Trinajstić information content (AvgIpc) is 3.56. The van der Waals surface area contributed by atoms with Crippen molar-refractivity contribution in [2.45, 2.75) is 24.9 Å². The third-order valence-corrected chi connectivity index (χ3v) is 9.20. The Hall–Kier alpha value is -4.27. The van der Waals surface area contributed by atoms with Crippen LogP contribution in [0.4, 0.5) is 4.39 Å². The average molecular weight is 585 g/mol. The largest absolute Gasteiger partial charge is 0.478 e. The number of nitrogens with zero attached hydrogens (tertiary/aromatic N) is 2. The van der Waals surface area contributed by atoms with Crippen LogP contribution in [0.3, 0.4) is 0 Å². The molecule has 0 fully saturated rings. The number of rotatable bonds is 4. The molecule has 3 atom stereocenters. The molecule has 0 saturated heterocycles. The van der Waals surface area contributed by atoms with Crippen LogP contribution in [0.1, 0.15) is 51.3 Å². The molecule has 2 aliphatic rings. The summed E-state index contributed by atoms with van der Waals surface area (Å²) in [5.74, 6) is -0.412. The molecule has 6 nitrogen and oxygen atoms in total. The molecule has 7 rings (SSSR count). The molecule has 41 heavy (non-hydrogen) atoms. The molecule has 0 radical (unpaired) electrons. The van der Waals surface area contributed by atoms with Crippen LogP contribution in [-0.4, -0.2) is 15.6 Å². The Labute approximate surface area is 242 Å². The predicted octanol–water partition coefficient (Wildman–Crippen LogP) is 6.02. The first-order chi connectivity index (χ1) is 19.9. The Morgan fingerprint density at radius 1 is 1.10 bits per heavy atom. The summed E-state index contributed by atoms with van der Waals surface area (Å²) in [7, 11) is 0. The summed E-state index contributed by atoms with van der Waals surface area (Å²) < 4.78 is 22.1. The number of carbonyl (C=O) groups is 1. The third kappa shape index (κ3) is 4.44. The molecule has 5 aromatic rings. The monoisotopic (exact) mass is 584 g/mol. The molecule has 0 amide bonds. The number of aromatic nitrogens is 1. The number of furan rings is 1. The van der Waals surface area contributed by atoms with E-state index in [2.05, 4.69) is 12.1 Å². The van der Waals surface area contributed by atoms with Gasteiger partial charge in [0.15, 0.2) is 4.80 Å². The molecule has 9 heteroatoms. The number of carboxylic acids is 1. The van der Waals surface area contributed by atoms with Gasteiger partial charge in [0.2, 0.25) is 0 Å². The number of aryl methyl sites for hydroxylation is 1. The van der Waals surface area contributed by atoms with Crippen molar-refractivity contribution in [3.8, 4) is 11.3 Å². The Morgan fingerprint density at radius 2 is 1.90 bits per heavy atom. The highest BCUT2D eigenvalue weighted by molar-refractivity contribution is 7.07. The normalized spacial score (nSPS) is 19.7. The van der Waals surface area contributed by atoms with Gasteiger partial charge in [0.25, 0.3) is 5.56 Å². The molecule has 0 unspecified atom stereocenters. The number of hydrogen-bond acceptors (Lipinski definition) is 5. The molecular formula is C32H22ClFN2O4S. The first kappa shape index (κ1) is 25.7. The van der Waals surface area contributed by atoms with Gasteiger partial charge in [0, 0.05) is 17.6 Å². The molecule has 0 bridgehead atoms. The zero-order valence-corrected chi connectivity index (χ0v) is 23.0. The SMILES string of the molecule is O=C(O)c1ccc(-c2ccc(/C=c3\sc4n(c3=O)[C@H](c3ccc(F)cc3)[C@H]3CCc5ccccc5[C@@H]3N=4)o2)cc1Cl. The standard InChI is InChI=1S/C32H22ClFN2O4S/c33-25-15-19(8-12-23(25)31(38)39)26-14-11-21(40-26)16-27-30(37)36-29(18-5-9-20(34)10-6-18)24-13-7-17-3-1-2-4-22(17)28(24)35-32(36)41-27/h1-6,8-12,14-16,24,28-29H,7,13H2,(H,38,39)/b27-16-/t24-,28-,29+/m0/s1. The topological polar surface area (TPSA) is 84.8 Å². The molecule has 0 saturated carbocycles. The summed E-state index contributed by atoms with van der Waals surface area (Å²) in [6, 6.07) is 22.4. The maximum absolute atomic E-state index is 13.9. The first-order valence-electron chi connectivity index (χ1n) is 13.1. The van der Waals surface area contributed by atoms with Crippen LogP contribution in [0.2, 0.25) is 5.02 Å². The number of fused-ring (bicyclic) bond motifs is 4. The Bertz CT molecular complexity index is 2010. The fourth-order valence-electron chi connectivity index (χ4n) is 6.00. The van der Waals surface area contributed by atoms with E-state index in [-0.39, 0.29) is 40.0 Å². The molecule has 1 aliphatic carbocycles. The van der Waals surface area contributed by atoms with Crippen LogP contribution in [0.5, 0.6) is 0 Å². The molecule has 3 aromatic carbocycles. The molecule has 0 spiro atoms. The highest BCUT2D eigenvalue weighted by atomic mass is 35.5. The predicted molar refractivity (Wildman–Crippen MR) is 155 cm³/mol. The van der Waals surface area contributed by atoms with Gasteiger partial charge in [-0.25, -0.2) is 9.18 Å². The van der Waals surface area contributed by atoms with E-state index in [1.807, 2.05) is 12.1 Å². The van der Waals surface area contributed by atoms with E-state index in [0.29, 0.717) is 26.4 Å². The quantitative estimate of drug-likeness (QED) is 0.280. The van der Waals surface area contributed by atoms with Crippen molar-refractivity contribution < 1.29 is 18.7 Å². The van der Waals surface area contributed by atoms with Crippen molar-refractivity contribution in [2.75, 3.05) is 0 Å². The molecular weight excluding hydrogens is 563 g/mol. The van der Waals surface area contributed by atoms with Crippen molar-refractivity contribution in [2.24, 2.45) is 10.9 Å². The fraction of sp³-hybridized carbons (Fsp3) is 0.156. The van der Waals surface area contributed by atoms with Crippen molar-refractivity contribution >= 4 is 35.0 Å². The van der Waals surface area contributed by atoms with Gasteiger partial charge in [0.05, 0.1) is 27.2 Å². The maximum atomic E-state index is 13.9. The van der Waals surface area contributed by atoms with Gasteiger partial charge >= 0.3 is 5.97 Å². The van der Waals surface area contributed by atoms with E-state index in [1.54, 1.807) is 41.0 Å². The minimum Gasteiger partial charge on any atom is -0.478 e. The van der Waals surface area contributed by atoms with Crippen LogP contribution in [0, 0.1) is 11.7 Å². The van der Waals surface area contributed by atoms with Gasteiger partial charge in [-0.05, 0) is 65.9 Å². The lowest BCUT2D eigenvalue weighted by Gasteiger charge is -2.39. The molecule has 204 valence electrons. The molecule has 2 aromatic heterocycles. The van der Waals surface area contributed by atoms with E-state index >= 15 is 0 Å². The second-order valence-electron chi connectivity index (χ2n) is 10.2. The Kier molecular flexibility index (Phi) is 6.25. The summed E-state index contributed by atoms with van der Waals surface area (Å²) in [5, 5.41) is 9.35. The van der Waals surface area contributed by atoms with Gasteiger partial charge < -0.3 is 9.52 Å². The van der Waals surface area contributed by atoms with E-state index in [1.165, 1.54) is 46.7 Å². The van der Waals surface area contributed by atoms with Crippen LogP contribution < -0.4 is 14.9 Å². The highest BCUT2D eigenvalue weighted by Gasteiger charge is 2.40. The van der Waals surface area contributed by atoms with Crippen molar-refractivity contribution in [3.63, 3.8) is 0 Å². The van der Waals surface area contributed by atoms with E-state index in [9.17, 15) is 19.1 Å². The minimum atomic E-state index is -1.11. The molecule has 1 aliphatic heterocycles. The summed E-state index contributed by atoms with van der Waals surface area (Å²) >= 11 is 7.45. The van der Waals surface area contributed by atoms with Crippen LogP contribution >= 0.6 is 22.9 Å². The number of carboxylic acid groups (broad SMARTS) is 1. The zero-order valence-electron chi connectivity index (χ0n) is 21.5. The van der Waals surface area contributed by atoms with Crippen molar-refractivity contribution in [1.29, 1.82) is 0 Å². The lowest BCUT2D eigenvalue weighted by atomic mass is 9.74. The van der Waals surface area contributed by atoms with E-state index < -0.39 is 5.97 Å². The lowest BCUT2D eigenvalue weighted by Crippen LogP contribution is -2.44. The first-order valence-corrected chi connectivity index (χ1v) is 14.3. The maximum Gasteiger partial charge on any atom is 0.337 e. The smallest absolute Gasteiger partial charge is 0.337 e. The van der Waals surface area contributed by atoms with Crippen molar-refractivity contribution in [1.82, 2.24) is 4.57 Å². The second-order valence-corrected chi connectivity index (χ2v) is 11.7. The number of hydrogen-bond donors (Lipinski definition) is 1. The summed E-state index contributed by atoms with van der Waals surface area (Å²) in [6.45, 7) is 0. The molecule has 1 N–H and O–H groups in total. The molecule has 3 heterocycles. The zero-order chi connectivity index (χ0) is 28.2. The van der Waals surface area contributed by atoms with Gasteiger partial charge in [-0.15, -0.1) is 0 Å². The minimum absolute atomic E-state index is 0.00796. The second kappa shape index (κ2) is 9.98. The lowest BCUT2D eigenvalue weighted by molar-refractivity contribution is 0.0697. The van der Waals surface area contributed by atoms with Gasteiger partial charge in [-0.1, -0.05) is 65.4 Å². The van der Waals surface area contributed by atoms with Gasteiger partial charge in [-0.3, -0.25) is 14.4 Å². The van der Waals surface area contributed by atoms with Gasteiger partial charge in [0.1, 0.15) is 17.3 Å². The number of benzene rings is 3. The number of thiazole rings is 1. The van der Waals surface area contributed by atoms with E-state index in [4.69, 9.17) is 21.0 Å². The van der Waals surface area contributed by atoms with Crippen LogP contribution in [0.25, 0.3) is 17.4 Å². The number of aromatic carboxylic acids is 1. The van der Waals surface area contributed by atoms with Crippen LogP contribution in [0.15, 0.2) is 93.1 Å². The Morgan fingerprint density at radius 3 is 2.68 bits per heavy atom. The highest BCUT2D eigenvalue weighted by Crippen LogP contribution is 2.46. The number of halogens is 2. The van der Waals surface area contributed by atoms with E-state index in [0.717, 1.165) is 18.4 Å². The summed E-state index contributed by atoms with van der Waals surface area (Å²) in [5.41, 5.74) is 3.79. The summed E-state index contributed by atoms with van der Waals surface area (Å²) in [4.78, 5) is 30.9. The van der Waals surface area contributed by atoms with Crippen molar-refractivity contribution in [3.05, 3.63) is 137 Å². The Balaban J connectivity index is 1.34. The van der Waals surface area contributed by atoms with Crippen LogP contribution in [-0.2, 0) is 6.42 Å². The summed E-state index contributed by atoms with van der Waals surface area (Å²) in [6.07, 6.45) is 3.45. The third-order valence-electron chi connectivity index (χ3n) is 7.89.